The first-order chi connectivity index (χ1) is 8.61. The maximum Gasteiger partial charge on any atom is 0.191 e. The third-order valence-electron chi connectivity index (χ3n) is 2.98. The van der Waals surface area contributed by atoms with Crippen molar-refractivity contribution in [2.45, 2.75) is 0 Å². The lowest BCUT2D eigenvalue weighted by molar-refractivity contribution is -0.113. The molecule has 0 aliphatic carbocycles. The largest absolute Gasteiger partial charge is 0.328 e. The van der Waals surface area contributed by atoms with E-state index in [1.165, 1.54) is 0 Å². The second-order valence-electron chi connectivity index (χ2n) is 3.97. The molecule has 0 N–H and O–H groups in total. The van der Waals surface area contributed by atoms with Crippen molar-refractivity contribution in [2.75, 3.05) is 29.8 Å². The molecule has 1 aliphatic rings. The van der Waals surface area contributed by atoms with Gasteiger partial charge in [-0.15, -0.1) is 11.6 Å². The Hall–Kier alpha value is -1.99. The number of nitriles is 1. The van der Waals surface area contributed by atoms with Crippen LogP contribution in [0.15, 0.2) is 35.7 Å². The van der Waals surface area contributed by atoms with Gasteiger partial charge in [0.05, 0.1) is 17.3 Å². The third kappa shape index (κ3) is 1.73. The summed E-state index contributed by atoms with van der Waals surface area (Å²) in [5.41, 5.74) is 2.02. The molecule has 0 spiro atoms. The van der Waals surface area contributed by atoms with Crippen LogP contribution in [0.2, 0.25) is 0 Å². The molecule has 1 aromatic rings. The molecule has 0 bridgehead atoms. The molecule has 1 heterocycles. The van der Waals surface area contributed by atoms with Crippen LogP contribution in [-0.4, -0.2) is 25.8 Å². The van der Waals surface area contributed by atoms with Crippen molar-refractivity contribution in [1.29, 1.82) is 5.26 Å². The number of para-hydroxylation sites is 2. The highest BCUT2D eigenvalue weighted by Gasteiger charge is 2.30. The molecule has 1 aliphatic heterocycles. The Morgan fingerprint density at radius 2 is 1.78 bits per heavy atom. The molecule has 0 aromatic heterocycles. The second-order valence-corrected chi connectivity index (χ2v) is 4.24. The van der Waals surface area contributed by atoms with Crippen molar-refractivity contribution in [1.82, 2.24) is 0 Å². The average Bonchev–Trinajstić information content (AvgIpc) is 2.65. The summed E-state index contributed by atoms with van der Waals surface area (Å²) in [6.07, 6.45) is 0. The molecular formula is C13H12ClN3O. The van der Waals surface area contributed by atoms with Gasteiger partial charge in [0.25, 0.3) is 0 Å². The van der Waals surface area contributed by atoms with E-state index in [2.05, 4.69) is 0 Å². The number of ketones is 1. The predicted octanol–water partition coefficient (Wildman–Crippen LogP) is 2.12. The van der Waals surface area contributed by atoms with Crippen LogP contribution in [0.4, 0.5) is 11.4 Å². The number of halogens is 1. The molecule has 0 saturated carbocycles. The Morgan fingerprint density at radius 1 is 1.28 bits per heavy atom. The molecule has 1 aromatic carbocycles. The van der Waals surface area contributed by atoms with E-state index in [1.54, 1.807) is 0 Å². The zero-order valence-electron chi connectivity index (χ0n) is 10.1. The van der Waals surface area contributed by atoms with E-state index in [0.717, 1.165) is 11.4 Å². The van der Waals surface area contributed by atoms with E-state index in [-0.39, 0.29) is 17.2 Å². The highest BCUT2D eigenvalue weighted by Crippen LogP contribution is 2.40. The molecule has 92 valence electrons. The summed E-state index contributed by atoms with van der Waals surface area (Å²) in [7, 11) is 3.66. The van der Waals surface area contributed by atoms with Gasteiger partial charge in [0.2, 0.25) is 0 Å². The summed E-state index contributed by atoms with van der Waals surface area (Å²) in [4.78, 5) is 15.4. The van der Waals surface area contributed by atoms with E-state index in [9.17, 15) is 4.79 Å². The number of hydrogen-bond donors (Lipinski definition) is 0. The molecule has 2 rings (SSSR count). The van der Waals surface area contributed by atoms with Crippen LogP contribution >= 0.6 is 11.6 Å². The Morgan fingerprint density at radius 3 is 2.17 bits per heavy atom. The van der Waals surface area contributed by atoms with Gasteiger partial charge in [-0.05, 0) is 12.1 Å². The molecule has 5 heteroatoms. The number of benzene rings is 1. The number of alkyl halides is 1. The monoisotopic (exact) mass is 261 g/mol. The number of anilines is 2. The van der Waals surface area contributed by atoms with Gasteiger partial charge >= 0.3 is 0 Å². The standard InChI is InChI=1S/C13H12ClN3O/c1-16-10-5-3-4-6-11(10)17(2)13(16)9(8-15)12(18)7-14/h3-6H,7H2,1-2H3. The Kier molecular flexibility index (Phi) is 3.26. The van der Waals surface area contributed by atoms with Gasteiger partial charge in [-0.1, -0.05) is 12.1 Å². The quantitative estimate of drug-likeness (QED) is 0.465. The van der Waals surface area contributed by atoms with Crippen molar-refractivity contribution in [3.63, 3.8) is 0 Å². The minimum atomic E-state index is -0.360. The van der Waals surface area contributed by atoms with Crippen LogP contribution in [0, 0.1) is 11.3 Å². The fourth-order valence-corrected chi connectivity index (χ4v) is 2.26. The molecule has 0 unspecified atom stereocenters. The van der Waals surface area contributed by atoms with Crippen LogP contribution in [0.25, 0.3) is 0 Å². The van der Waals surface area contributed by atoms with Crippen LogP contribution in [-0.2, 0) is 4.79 Å². The van der Waals surface area contributed by atoms with Crippen molar-refractivity contribution in [3.8, 4) is 6.07 Å². The van der Waals surface area contributed by atoms with Gasteiger partial charge in [0.15, 0.2) is 5.78 Å². The summed E-state index contributed by atoms with van der Waals surface area (Å²) in [5, 5.41) is 9.16. The van der Waals surface area contributed by atoms with Crippen LogP contribution in [0.1, 0.15) is 0 Å². The Labute approximate surface area is 111 Å². The number of rotatable bonds is 2. The van der Waals surface area contributed by atoms with Gasteiger partial charge in [-0.3, -0.25) is 4.79 Å². The van der Waals surface area contributed by atoms with Crippen molar-refractivity contribution in [3.05, 3.63) is 35.7 Å². The molecule has 0 atom stereocenters. The first-order valence-corrected chi connectivity index (χ1v) is 5.95. The van der Waals surface area contributed by atoms with Crippen molar-refractivity contribution >= 4 is 28.8 Å². The number of carbonyl (C=O) groups excluding carboxylic acids is 1. The fourth-order valence-electron chi connectivity index (χ4n) is 2.12. The van der Waals surface area contributed by atoms with Gasteiger partial charge in [0, 0.05) is 14.1 Å². The SMILES string of the molecule is CN1C(=C(C#N)C(=O)CCl)N(C)c2ccccc21. The molecule has 0 fully saturated rings. The number of carbonyl (C=O) groups is 1. The van der Waals surface area contributed by atoms with Gasteiger partial charge in [0.1, 0.15) is 17.5 Å². The minimum Gasteiger partial charge on any atom is -0.328 e. The molecule has 0 radical (unpaired) electrons. The number of allylic oxidation sites excluding steroid dienone is 1. The summed E-state index contributed by atoms with van der Waals surface area (Å²) in [5.74, 6) is 0.0229. The topological polar surface area (TPSA) is 47.3 Å². The van der Waals surface area contributed by atoms with Crippen molar-refractivity contribution in [2.24, 2.45) is 0 Å². The van der Waals surface area contributed by atoms with Gasteiger partial charge < -0.3 is 9.80 Å². The van der Waals surface area contributed by atoms with Gasteiger partial charge in [-0.2, -0.15) is 5.26 Å². The molecule has 0 amide bonds. The lowest BCUT2D eigenvalue weighted by Gasteiger charge is -2.19. The lowest BCUT2D eigenvalue weighted by Crippen LogP contribution is -2.26. The average molecular weight is 262 g/mol. The number of Topliss-reactive ketones (excluding diaryl/α,β-unsaturated/α-hetero) is 1. The zero-order chi connectivity index (χ0) is 13.3. The maximum atomic E-state index is 11.7. The highest BCUT2D eigenvalue weighted by molar-refractivity contribution is 6.31. The van der Waals surface area contributed by atoms with E-state index < -0.39 is 0 Å². The molecule has 4 nitrogen and oxygen atoms in total. The smallest absolute Gasteiger partial charge is 0.191 e. The Bertz CT molecular complexity index is 543. The minimum absolute atomic E-state index is 0.0891. The number of fused-ring (bicyclic) bond motifs is 1. The van der Waals surface area contributed by atoms with Gasteiger partial charge in [-0.25, -0.2) is 0 Å². The predicted molar refractivity (Wildman–Crippen MR) is 71.6 cm³/mol. The summed E-state index contributed by atoms with van der Waals surface area (Å²) in [6, 6.07) is 9.68. The lowest BCUT2D eigenvalue weighted by atomic mass is 10.2. The molecular weight excluding hydrogens is 250 g/mol. The van der Waals surface area contributed by atoms with E-state index in [4.69, 9.17) is 16.9 Å². The maximum absolute atomic E-state index is 11.7. The first kappa shape index (κ1) is 12.5. The highest BCUT2D eigenvalue weighted by atomic mass is 35.5. The summed E-state index contributed by atoms with van der Waals surface area (Å²) < 4.78 is 0. The van der Waals surface area contributed by atoms with Crippen LogP contribution < -0.4 is 9.80 Å². The molecule has 18 heavy (non-hydrogen) atoms. The second kappa shape index (κ2) is 4.71. The molecule has 0 saturated heterocycles. The summed E-state index contributed by atoms with van der Waals surface area (Å²) in [6.45, 7) is 0. The fraction of sp³-hybridized carbons (Fsp3) is 0.231. The third-order valence-corrected chi connectivity index (χ3v) is 3.22. The summed E-state index contributed by atoms with van der Waals surface area (Å²) >= 11 is 5.54. The van der Waals surface area contributed by atoms with E-state index in [0.29, 0.717) is 5.82 Å². The van der Waals surface area contributed by atoms with E-state index >= 15 is 0 Å². The normalized spacial score (nSPS) is 13.3. The number of hydrogen-bond acceptors (Lipinski definition) is 4. The van der Waals surface area contributed by atoms with E-state index in [1.807, 2.05) is 54.2 Å². The zero-order valence-corrected chi connectivity index (χ0v) is 10.9. The number of nitrogens with zero attached hydrogens (tertiary/aromatic N) is 3. The first-order valence-electron chi connectivity index (χ1n) is 5.41. The van der Waals surface area contributed by atoms with Crippen LogP contribution in [0.5, 0.6) is 0 Å². The van der Waals surface area contributed by atoms with Crippen LogP contribution in [0.3, 0.4) is 0 Å². The Balaban J connectivity index is 2.60. The van der Waals surface area contributed by atoms with Crippen molar-refractivity contribution < 1.29 is 4.79 Å².